The molecule has 0 bridgehead atoms. The molecule has 1 atom stereocenters. The Kier molecular flexibility index (Phi) is 3.84. The number of rotatable bonds is 3. The number of nitrogens with one attached hydrogen (secondary N) is 1. The molecule has 0 aromatic heterocycles. The third-order valence-corrected chi connectivity index (χ3v) is 3.09. The number of carbonyl (C=O) groups is 1. The molecule has 98 valence electrons. The molecule has 2 rings (SSSR count). The van der Waals surface area contributed by atoms with Crippen LogP contribution in [0.1, 0.15) is 5.56 Å². The van der Waals surface area contributed by atoms with E-state index in [9.17, 15) is 4.79 Å². The van der Waals surface area contributed by atoms with Gasteiger partial charge in [-0.2, -0.15) is 0 Å². The number of methoxy groups -OCH3 is 2. The number of morpholine rings is 1. The first-order valence-electron chi connectivity index (χ1n) is 5.79. The molecule has 1 aromatic rings. The highest BCUT2D eigenvalue weighted by molar-refractivity contribution is 5.84. The highest BCUT2D eigenvalue weighted by atomic mass is 16.5. The predicted octanol–water partition coefficient (Wildman–Crippen LogP) is 0.683. The molecule has 0 radical (unpaired) electrons. The van der Waals surface area contributed by atoms with Crippen molar-refractivity contribution < 1.29 is 19.0 Å². The maximum absolute atomic E-state index is 12.1. The Morgan fingerprint density at radius 1 is 1.39 bits per heavy atom. The molecule has 1 heterocycles. The number of benzene rings is 1. The lowest BCUT2D eigenvalue weighted by atomic mass is 9.89. The number of para-hydroxylation sites is 1. The fraction of sp³-hybridized carbons (Fsp3) is 0.462. The Morgan fingerprint density at radius 3 is 2.78 bits per heavy atom. The van der Waals surface area contributed by atoms with Crippen molar-refractivity contribution in [3.63, 3.8) is 0 Å². The van der Waals surface area contributed by atoms with Crippen LogP contribution in [0.3, 0.4) is 0 Å². The molecule has 1 aliphatic heterocycles. The molecule has 1 unspecified atom stereocenters. The molecule has 1 aliphatic rings. The van der Waals surface area contributed by atoms with Crippen molar-refractivity contribution in [2.75, 3.05) is 34.0 Å². The van der Waals surface area contributed by atoms with E-state index < -0.39 is 5.54 Å². The van der Waals surface area contributed by atoms with Crippen LogP contribution in [-0.4, -0.2) is 39.9 Å². The maximum atomic E-state index is 12.1. The number of hydrogen-bond donors (Lipinski definition) is 1. The molecular weight excluding hydrogens is 234 g/mol. The summed E-state index contributed by atoms with van der Waals surface area (Å²) >= 11 is 0. The van der Waals surface area contributed by atoms with Crippen LogP contribution in [0.15, 0.2) is 24.3 Å². The van der Waals surface area contributed by atoms with Gasteiger partial charge in [-0.25, -0.2) is 4.79 Å². The third kappa shape index (κ3) is 2.07. The Hall–Kier alpha value is -1.59. The molecule has 1 saturated heterocycles. The van der Waals surface area contributed by atoms with Crippen molar-refractivity contribution in [1.29, 1.82) is 0 Å². The highest BCUT2D eigenvalue weighted by Crippen LogP contribution is 2.32. The third-order valence-electron chi connectivity index (χ3n) is 3.09. The van der Waals surface area contributed by atoms with E-state index in [1.165, 1.54) is 7.11 Å². The molecule has 0 amide bonds. The van der Waals surface area contributed by atoms with Gasteiger partial charge in [0.25, 0.3) is 0 Å². The van der Waals surface area contributed by atoms with Gasteiger partial charge in [0.05, 0.1) is 27.4 Å². The number of esters is 1. The summed E-state index contributed by atoms with van der Waals surface area (Å²) in [5, 5.41) is 3.19. The molecule has 5 heteroatoms. The number of carbonyl (C=O) groups excluding carboxylic acids is 1. The van der Waals surface area contributed by atoms with E-state index >= 15 is 0 Å². The summed E-state index contributed by atoms with van der Waals surface area (Å²) in [7, 11) is 2.95. The van der Waals surface area contributed by atoms with Crippen molar-refractivity contribution in [3.05, 3.63) is 29.8 Å². The van der Waals surface area contributed by atoms with E-state index in [2.05, 4.69) is 5.32 Å². The van der Waals surface area contributed by atoms with Gasteiger partial charge in [-0.05, 0) is 6.07 Å². The van der Waals surface area contributed by atoms with Crippen LogP contribution < -0.4 is 10.1 Å². The lowest BCUT2D eigenvalue weighted by Crippen LogP contribution is -2.57. The smallest absolute Gasteiger partial charge is 0.333 e. The molecule has 0 aliphatic carbocycles. The Labute approximate surface area is 106 Å². The molecule has 1 N–H and O–H groups in total. The summed E-state index contributed by atoms with van der Waals surface area (Å²) in [4.78, 5) is 12.1. The summed E-state index contributed by atoms with van der Waals surface area (Å²) in [6.07, 6.45) is 0. The quantitative estimate of drug-likeness (QED) is 0.801. The summed E-state index contributed by atoms with van der Waals surface area (Å²) < 4.78 is 15.7. The van der Waals surface area contributed by atoms with Gasteiger partial charge < -0.3 is 14.2 Å². The fourth-order valence-electron chi connectivity index (χ4n) is 2.20. The van der Waals surface area contributed by atoms with E-state index in [0.29, 0.717) is 18.9 Å². The zero-order valence-electron chi connectivity index (χ0n) is 10.6. The monoisotopic (exact) mass is 251 g/mol. The predicted molar refractivity (Wildman–Crippen MR) is 65.5 cm³/mol. The van der Waals surface area contributed by atoms with Gasteiger partial charge in [-0.3, -0.25) is 5.32 Å². The van der Waals surface area contributed by atoms with E-state index in [1.54, 1.807) is 7.11 Å². The van der Waals surface area contributed by atoms with Crippen molar-refractivity contribution >= 4 is 5.97 Å². The second-order valence-electron chi connectivity index (χ2n) is 4.08. The first kappa shape index (κ1) is 12.9. The SMILES string of the molecule is COC(=O)C1(c2ccccc2OC)COCCN1. The van der Waals surface area contributed by atoms with Crippen molar-refractivity contribution in [2.24, 2.45) is 0 Å². The maximum Gasteiger partial charge on any atom is 0.333 e. The molecule has 1 fully saturated rings. The van der Waals surface area contributed by atoms with Crippen LogP contribution in [0.2, 0.25) is 0 Å². The van der Waals surface area contributed by atoms with Crippen molar-refractivity contribution in [1.82, 2.24) is 5.32 Å². The minimum Gasteiger partial charge on any atom is -0.496 e. The Bertz CT molecular complexity index is 427. The zero-order chi connectivity index (χ0) is 13.0. The van der Waals surface area contributed by atoms with E-state index in [0.717, 1.165) is 5.56 Å². The second-order valence-corrected chi connectivity index (χ2v) is 4.08. The summed E-state index contributed by atoms with van der Waals surface area (Å²) in [5.41, 5.74) is -0.251. The van der Waals surface area contributed by atoms with Crippen LogP contribution in [0.4, 0.5) is 0 Å². The average Bonchev–Trinajstić information content (AvgIpc) is 2.47. The topological polar surface area (TPSA) is 56.8 Å². The minimum atomic E-state index is -0.987. The average molecular weight is 251 g/mol. The summed E-state index contributed by atoms with van der Waals surface area (Å²) in [6, 6.07) is 7.38. The van der Waals surface area contributed by atoms with E-state index in [4.69, 9.17) is 14.2 Å². The largest absolute Gasteiger partial charge is 0.496 e. The highest BCUT2D eigenvalue weighted by Gasteiger charge is 2.45. The number of hydrogen-bond acceptors (Lipinski definition) is 5. The number of ether oxygens (including phenoxy) is 3. The minimum absolute atomic E-state index is 0.236. The Morgan fingerprint density at radius 2 is 2.17 bits per heavy atom. The lowest BCUT2D eigenvalue weighted by Gasteiger charge is -2.36. The van der Waals surface area contributed by atoms with Crippen LogP contribution >= 0.6 is 0 Å². The molecule has 0 saturated carbocycles. The first-order valence-corrected chi connectivity index (χ1v) is 5.79. The van der Waals surface area contributed by atoms with Gasteiger partial charge in [0.1, 0.15) is 5.75 Å². The summed E-state index contributed by atoms with van der Waals surface area (Å²) in [5.74, 6) is 0.271. The summed E-state index contributed by atoms with van der Waals surface area (Å²) in [6.45, 7) is 1.40. The van der Waals surface area contributed by atoms with Gasteiger partial charge in [-0.15, -0.1) is 0 Å². The fourth-order valence-corrected chi connectivity index (χ4v) is 2.20. The van der Waals surface area contributed by atoms with Crippen LogP contribution in [-0.2, 0) is 19.8 Å². The van der Waals surface area contributed by atoms with E-state index in [1.807, 2.05) is 24.3 Å². The lowest BCUT2D eigenvalue weighted by molar-refractivity contribution is -0.155. The van der Waals surface area contributed by atoms with Crippen LogP contribution in [0.25, 0.3) is 0 Å². The van der Waals surface area contributed by atoms with Gasteiger partial charge >= 0.3 is 5.97 Å². The standard InChI is InChI=1S/C13H17NO4/c1-16-11-6-4-3-5-10(11)13(12(15)17-2)9-18-8-7-14-13/h3-6,14H,7-9H2,1-2H3. The molecule has 5 nitrogen and oxygen atoms in total. The molecule has 18 heavy (non-hydrogen) atoms. The van der Waals surface area contributed by atoms with Crippen molar-refractivity contribution in [2.45, 2.75) is 5.54 Å². The van der Waals surface area contributed by atoms with Gasteiger partial charge in [0, 0.05) is 12.1 Å². The van der Waals surface area contributed by atoms with Gasteiger partial charge in [0.15, 0.2) is 5.54 Å². The first-order chi connectivity index (χ1) is 8.74. The van der Waals surface area contributed by atoms with Crippen LogP contribution in [0.5, 0.6) is 5.75 Å². The van der Waals surface area contributed by atoms with Crippen LogP contribution in [0, 0.1) is 0 Å². The van der Waals surface area contributed by atoms with E-state index in [-0.39, 0.29) is 12.6 Å². The van der Waals surface area contributed by atoms with Crippen molar-refractivity contribution in [3.8, 4) is 5.75 Å². The van der Waals surface area contributed by atoms with Gasteiger partial charge in [0.2, 0.25) is 0 Å². The molecule has 0 spiro atoms. The molecule has 1 aromatic carbocycles. The Balaban J connectivity index is 2.48. The normalized spacial score (nSPS) is 23.4. The van der Waals surface area contributed by atoms with Gasteiger partial charge in [-0.1, -0.05) is 18.2 Å². The molecular formula is C13H17NO4. The second kappa shape index (κ2) is 5.37. The zero-order valence-corrected chi connectivity index (χ0v) is 10.6.